The van der Waals surface area contributed by atoms with E-state index in [0.29, 0.717) is 86.2 Å². The summed E-state index contributed by atoms with van der Waals surface area (Å²) in [7, 11) is 0. The van der Waals surface area contributed by atoms with Gasteiger partial charge in [0.25, 0.3) is 0 Å². The molecule has 568 valence electrons. The first-order valence-electron chi connectivity index (χ1n) is 39.4. The Labute approximate surface area is 595 Å². The predicted molar refractivity (Wildman–Crippen MR) is 422 cm³/mol. The maximum Gasteiger partial charge on any atom is 0.186 e. The van der Waals surface area contributed by atoms with Crippen LogP contribution in [0.25, 0.3) is 0 Å². The van der Waals surface area contributed by atoms with Gasteiger partial charge >= 0.3 is 0 Å². The number of aliphatic imine (C=N–C) groups is 3. The molecule has 1 saturated heterocycles. The summed E-state index contributed by atoms with van der Waals surface area (Å²) in [4.78, 5) is 12.1. The SMILES string of the molecule is CC(C)(C)C1CC2(CNC2)C1.CC(C)(C)CC1CC(N)C1.CC(C)(C)CC1CC(N=C(N)N)C1.CC(C)(C)CCC1CC(N)C1.CC(C)(C)CCC1CC(N)C1.CC(C)(C)CCC1CC(N)C1.CC(C)(C)CCC1CC(N)C1.CC1CC(N=C(N)N)C1.CC1CC(N=C(N)N)C1. The Morgan fingerprint density at radius 1 is 0.323 bits per heavy atom. The van der Waals surface area contributed by atoms with Crippen molar-refractivity contribution in [1.82, 2.24) is 5.32 Å². The van der Waals surface area contributed by atoms with Crippen molar-refractivity contribution in [3.05, 3.63) is 0 Å². The fourth-order valence-electron chi connectivity index (χ4n) is 15.2. The van der Waals surface area contributed by atoms with Gasteiger partial charge in [0.05, 0.1) is 18.1 Å². The molecule has 9 saturated carbocycles. The van der Waals surface area contributed by atoms with E-state index >= 15 is 0 Å². The Kier molecular flexibility index (Phi) is 37.2. The molecule has 0 unspecified atom stereocenters. The number of nitrogens with one attached hydrogen (secondary N) is 1. The highest BCUT2D eigenvalue weighted by molar-refractivity contribution is 5.76. The van der Waals surface area contributed by atoms with Crippen molar-refractivity contribution >= 4 is 17.9 Å². The molecule has 0 aromatic carbocycles. The molecule has 9 aliphatic carbocycles. The number of rotatable bonds is 13. The van der Waals surface area contributed by atoms with E-state index in [4.69, 9.17) is 63.1 Å². The molecule has 0 atom stereocenters. The molecule has 0 bridgehead atoms. The Morgan fingerprint density at radius 2 is 0.542 bits per heavy atom. The van der Waals surface area contributed by atoms with Gasteiger partial charge in [0.1, 0.15) is 0 Å². The lowest BCUT2D eigenvalue weighted by Crippen LogP contribution is -2.61. The third kappa shape index (κ3) is 43.4. The van der Waals surface area contributed by atoms with Gasteiger partial charge < -0.3 is 68.4 Å². The van der Waals surface area contributed by atoms with Crippen LogP contribution in [-0.2, 0) is 0 Å². The second kappa shape index (κ2) is 39.8. The molecule has 10 aliphatic rings. The molecule has 96 heavy (non-hydrogen) atoms. The van der Waals surface area contributed by atoms with E-state index in [1.54, 1.807) is 0 Å². The van der Waals surface area contributed by atoms with E-state index in [1.165, 1.54) is 154 Å². The van der Waals surface area contributed by atoms with Crippen LogP contribution in [0.4, 0.5) is 0 Å². The highest BCUT2D eigenvalue weighted by Gasteiger charge is 2.51. The Hall–Kier alpha value is -2.43. The van der Waals surface area contributed by atoms with Gasteiger partial charge in [0.2, 0.25) is 0 Å². The maximum absolute atomic E-state index is 5.71. The third-order valence-corrected chi connectivity index (χ3v) is 21.9. The molecule has 15 nitrogen and oxygen atoms in total. The van der Waals surface area contributed by atoms with Crippen LogP contribution in [0.3, 0.4) is 0 Å². The van der Waals surface area contributed by atoms with Crippen LogP contribution >= 0.6 is 0 Å². The molecule has 1 heterocycles. The first kappa shape index (κ1) is 89.7. The third-order valence-electron chi connectivity index (χ3n) is 21.9. The second-order valence-electron chi connectivity index (χ2n) is 42.1. The normalized spacial score (nSPS) is 31.4. The van der Waals surface area contributed by atoms with E-state index in [9.17, 15) is 0 Å². The summed E-state index contributed by atoms with van der Waals surface area (Å²) < 4.78 is 0. The fourth-order valence-corrected chi connectivity index (χ4v) is 15.2. The smallest absolute Gasteiger partial charge is 0.186 e. The van der Waals surface area contributed by atoms with Crippen molar-refractivity contribution in [2.45, 2.75) is 387 Å². The van der Waals surface area contributed by atoms with Gasteiger partial charge in [-0.25, -0.2) is 0 Å². The van der Waals surface area contributed by atoms with Gasteiger partial charge in [-0.2, -0.15) is 0 Å². The van der Waals surface area contributed by atoms with Gasteiger partial charge in [-0.1, -0.05) is 159 Å². The van der Waals surface area contributed by atoms with Crippen LogP contribution in [0, 0.1) is 96.6 Å². The Balaban J connectivity index is 0.000000368. The zero-order chi connectivity index (χ0) is 73.6. The van der Waals surface area contributed by atoms with Crippen LogP contribution in [0.1, 0.15) is 339 Å². The summed E-state index contributed by atoms with van der Waals surface area (Å²) in [6.45, 7) is 55.6. The minimum Gasteiger partial charge on any atom is -0.370 e. The average molecular weight is 1350 g/mol. The van der Waals surface area contributed by atoms with Crippen LogP contribution in [0.2, 0.25) is 0 Å². The summed E-state index contributed by atoms with van der Waals surface area (Å²) in [5.74, 6) is 8.86. The lowest BCUT2D eigenvalue weighted by Gasteiger charge is -2.58. The number of hydrogen-bond acceptors (Lipinski definition) is 9. The molecule has 10 rings (SSSR count). The van der Waals surface area contributed by atoms with Crippen LogP contribution in [0.15, 0.2) is 15.0 Å². The Morgan fingerprint density at radius 3 is 0.708 bits per heavy atom. The molecular formula is C81H169N15. The molecule has 0 radical (unpaired) electrons. The van der Waals surface area contributed by atoms with E-state index in [2.05, 4.69) is 180 Å². The minimum absolute atomic E-state index is 0.229. The van der Waals surface area contributed by atoms with E-state index < -0.39 is 0 Å². The van der Waals surface area contributed by atoms with Crippen molar-refractivity contribution in [2.75, 3.05) is 13.1 Å². The highest BCUT2D eigenvalue weighted by Crippen LogP contribution is 2.55. The topological polar surface area (TPSA) is 335 Å². The highest BCUT2D eigenvalue weighted by atomic mass is 15.0. The number of nitrogens with two attached hydrogens (primary N) is 11. The number of nitrogens with zero attached hydrogens (tertiary/aromatic N) is 3. The first-order chi connectivity index (χ1) is 43.6. The van der Waals surface area contributed by atoms with Crippen molar-refractivity contribution in [2.24, 2.45) is 175 Å². The number of hydrogen-bond donors (Lipinski definition) is 12. The van der Waals surface area contributed by atoms with Crippen molar-refractivity contribution < 1.29 is 0 Å². The maximum atomic E-state index is 5.71. The zero-order valence-corrected chi connectivity index (χ0v) is 67.7. The summed E-state index contributed by atoms with van der Waals surface area (Å²) in [6, 6.07) is 3.87. The van der Waals surface area contributed by atoms with Crippen molar-refractivity contribution in [3.63, 3.8) is 0 Å². The standard InChI is InChI=1S/C10H21N3.C10H19N.4C10H21N.C9H19N.2C6H13N3/c1-10(2,3)6-7-4-8(5-7)13-9(11)12;1-9(2,3)8-4-10(5-8)6-11-7-10;4*1-10(2,3)5-4-8-6-9(11)7-8;1-9(2,3)6-7-4-8(10)5-7;2*1-4-2-5(3-4)9-6(7)8/h7-8H,4-6H2,1-3H3,(H4,11,12,13);8,11H,4-7H2,1-3H3;4*8-9H,4-7,11H2,1-3H3;7-8H,4-6,10H2,1-3H3;2*4-5H,2-3H2,1H3,(H4,7,8,9). The molecule has 23 N–H and O–H groups in total. The second-order valence-corrected chi connectivity index (χ2v) is 42.1. The zero-order valence-electron chi connectivity index (χ0n) is 67.7. The molecular weight excluding hydrogens is 1180 g/mol. The van der Waals surface area contributed by atoms with E-state index in [-0.39, 0.29) is 17.9 Å². The van der Waals surface area contributed by atoms with E-state index in [1.807, 2.05) is 0 Å². The molecule has 1 spiro atoms. The van der Waals surface area contributed by atoms with Gasteiger partial charge in [-0.15, -0.1) is 0 Å². The summed E-state index contributed by atoms with van der Waals surface area (Å²) in [5, 5.41) is 3.38. The van der Waals surface area contributed by atoms with E-state index in [0.717, 1.165) is 97.2 Å². The van der Waals surface area contributed by atoms with Crippen molar-refractivity contribution in [3.8, 4) is 0 Å². The Bertz CT molecular complexity index is 1980. The first-order valence-corrected chi connectivity index (χ1v) is 39.4. The van der Waals surface area contributed by atoms with Crippen LogP contribution in [0.5, 0.6) is 0 Å². The minimum atomic E-state index is 0.229. The molecule has 0 aromatic heterocycles. The molecule has 15 heteroatoms. The van der Waals surface area contributed by atoms with Gasteiger partial charge in [-0.3, -0.25) is 15.0 Å². The molecule has 0 aromatic rings. The monoisotopic (exact) mass is 1350 g/mol. The lowest BCUT2D eigenvalue weighted by molar-refractivity contribution is -0.0503. The molecule has 0 amide bonds. The van der Waals surface area contributed by atoms with Crippen molar-refractivity contribution in [1.29, 1.82) is 0 Å². The summed E-state index contributed by atoms with van der Waals surface area (Å²) >= 11 is 0. The van der Waals surface area contributed by atoms with Crippen LogP contribution in [-0.4, -0.2) is 79.3 Å². The van der Waals surface area contributed by atoms with Gasteiger partial charge in [0, 0.05) is 43.3 Å². The number of guanidine groups is 3. The molecule has 1 aliphatic heterocycles. The lowest BCUT2D eigenvalue weighted by atomic mass is 9.52. The quantitative estimate of drug-likeness (QED) is 0.0605. The van der Waals surface area contributed by atoms with Gasteiger partial charge in [-0.05, 0) is 276 Å². The molecule has 10 fully saturated rings. The fraction of sp³-hybridized carbons (Fsp3) is 0.963. The summed E-state index contributed by atoms with van der Waals surface area (Å²) in [5.41, 5.74) is 64.1. The predicted octanol–water partition coefficient (Wildman–Crippen LogP) is 16.0. The van der Waals surface area contributed by atoms with Crippen LogP contribution < -0.4 is 68.4 Å². The van der Waals surface area contributed by atoms with Gasteiger partial charge in [0.15, 0.2) is 17.9 Å². The largest absolute Gasteiger partial charge is 0.370 e. The average Bonchev–Trinajstić information content (AvgIpc) is 0.748. The summed E-state index contributed by atoms with van der Waals surface area (Å²) in [6.07, 6.45) is 36.2.